The molecule has 0 atom stereocenters. The summed E-state index contributed by atoms with van der Waals surface area (Å²) in [6, 6.07) is 6.99. The van der Waals surface area contributed by atoms with Gasteiger partial charge in [-0.2, -0.15) is 0 Å². The molecule has 1 aromatic rings. The number of imide groups is 2. The Morgan fingerprint density at radius 2 is 1.57 bits per heavy atom. The molecular formula is C19H24N4O5. The summed E-state index contributed by atoms with van der Waals surface area (Å²) in [4.78, 5) is 54.1. The zero-order chi connectivity index (χ0) is 20.3. The number of hydrogen-bond acceptors (Lipinski definition) is 6. The van der Waals surface area contributed by atoms with Crippen LogP contribution in [0.1, 0.15) is 13.3 Å². The highest BCUT2D eigenvalue weighted by molar-refractivity contribution is 6.45. The van der Waals surface area contributed by atoms with Crippen molar-refractivity contribution in [3.8, 4) is 5.75 Å². The molecule has 0 aromatic heterocycles. The molecule has 2 saturated heterocycles. The number of ether oxygens (including phenoxy) is 1. The third kappa shape index (κ3) is 3.78. The molecular weight excluding hydrogens is 364 g/mol. The van der Waals surface area contributed by atoms with E-state index in [0.29, 0.717) is 32.6 Å². The van der Waals surface area contributed by atoms with Crippen LogP contribution in [0.2, 0.25) is 0 Å². The molecule has 0 saturated carbocycles. The van der Waals surface area contributed by atoms with E-state index in [1.165, 1.54) is 0 Å². The van der Waals surface area contributed by atoms with Gasteiger partial charge in [-0.25, -0.2) is 9.69 Å². The lowest BCUT2D eigenvalue weighted by Gasteiger charge is -2.36. The Morgan fingerprint density at radius 3 is 2.14 bits per heavy atom. The van der Waals surface area contributed by atoms with Gasteiger partial charge >= 0.3 is 17.8 Å². The Hall–Kier alpha value is -3.10. The van der Waals surface area contributed by atoms with Crippen molar-refractivity contribution in [2.75, 3.05) is 51.3 Å². The van der Waals surface area contributed by atoms with E-state index < -0.39 is 24.4 Å². The summed E-state index contributed by atoms with van der Waals surface area (Å²) in [6.45, 7) is 3.82. The van der Waals surface area contributed by atoms with Gasteiger partial charge in [-0.1, -0.05) is 6.92 Å². The molecule has 150 valence electrons. The van der Waals surface area contributed by atoms with Crippen LogP contribution in [0.25, 0.3) is 0 Å². The van der Waals surface area contributed by atoms with Crippen molar-refractivity contribution in [2.45, 2.75) is 13.3 Å². The summed E-state index contributed by atoms with van der Waals surface area (Å²) in [5.74, 6) is -1.33. The monoisotopic (exact) mass is 388 g/mol. The largest absolute Gasteiger partial charge is 0.497 e. The second kappa shape index (κ2) is 8.28. The number of methoxy groups -OCH3 is 1. The molecule has 1 aromatic carbocycles. The van der Waals surface area contributed by atoms with Gasteiger partial charge in [0.05, 0.1) is 7.11 Å². The second-order valence-corrected chi connectivity index (χ2v) is 6.70. The van der Waals surface area contributed by atoms with Crippen molar-refractivity contribution in [3.63, 3.8) is 0 Å². The summed E-state index contributed by atoms with van der Waals surface area (Å²) < 4.78 is 5.16. The van der Waals surface area contributed by atoms with Crippen molar-refractivity contribution in [2.24, 2.45) is 0 Å². The summed E-state index contributed by atoms with van der Waals surface area (Å²) in [5, 5.41) is 0. The minimum atomic E-state index is -0.927. The smallest absolute Gasteiger partial charge is 0.334 e. The van der Waals surface area contributed by atoms with Crippen LogP contribution in [0.5, 0.6) is 5.75 Å². The maximum atomic E-state index is 12.6. The first-order chi connectivity index (χ1) is 13.5. The number of amides is 5. The maximum Gasteiger partial charge on any atom is 0.334 e. The van der Waals surface area contributed by atoms with Gasteiger partial charge in [0.1, 0.15) is 12.3 Å². The van der Waals surface area contributed by atoms with E-state index in [9.17, 15) is 19.2 Å². The first-order valence-corrected chi connectivity index (χ1v) is 9.30. The molecule has 2 heterocycles. The van der Waals surface area contributed by atoms with Crippen molar-refractivity contribution < 1.29 is 23.9 Å². The maximum absolute atomic E-state index is 12.6. The van der Waals surface area contributed by atoms with Crippen molar-refractivity contribution >= 4 is 29.4 Å². The average Bonchev–Trinajstić information content (AvgIpc) is 2.92. The van der Waals surface area contributed by atoms with Gasteiger partial charge in [0.15, 0.2) is 0 Å². The van der Waals surface area contributed by atoms with Crippen LogP contribution < -0.4 is 9.64 Å². The quantitative estimate of drug-likeness (QED) is 0.522. The van der Waals surface area contributed by atoms with Gasteiger partial charge in [-0.05, 0) is 30.7 Å². The minimum absolute atomic E-state index is 0.175. The third-order valence-corrected chi connectivity index (χ3v) is 4.95. The van der Waals surface area contributed by atoms with Crippen LogP contribution in [0.4, 0.5) is 10.5 Å². The Labute approximate surface area is 163 Å². The van der Waals surface area contributed by atoms with Gasteiger partial charge < -0.3 is 14.5 Å². The number of carbonyl (C=O) groups is 4. The van der Waals surface area contributed by atoms with Crippen LogP contribution in [0.3, 0.4) is 0 Å². The Kier molecular flexibility index (Phi) is 5.81. The molecule has 0 N–H and O–H groups in total. The number of benzene rings is 1. The number of carbonyl (C=O) groups excluding carboxylic acids is 4. The third-order valence-electron chi connectivity index (χ3n) is 4.95. The van der Waals surface area contributed by atoms with E-state index in [0.717, 1.165) is 21.2 Å². The molecule has 9 heteroatoms. The van der Waals surface area contributed by atoms with Gasteiger partial charge in [-0.15, -0.1) is 0 Å². The van der Waals surface area contributed by atoms with E-state index in [1.807, 2.05) is 24.3 Å². The number of urea groups is 1. The van der Waals surface area contributed by atoms with E-state index >= 15 is 0 Å². The number of nitrogens with zero attached hydrogens (tertiary/aromatic N) is 4. The molecule has 28 heavy (non-hydrogen) atoms. The minimum Gasteiger partial charge on any atom is -0.497 e. The van der Waals surface area contributed by atoms with Crippen molar-refractivity contribution in [1.29, 1.82) is 0 Å². The second-order valence-electron chi connectivity index (χ2n) is 6.70. The highest BCUT2D eigenvalue weighted by Crippen LogP contribution is 2.21. The van der Waals surface area contributed by atoms with Crippen molar-refractivity contribution in [1.82, 2.24) is 14.7 Å². The fourth-order valence-electron chi connectivity index (χ4n) is 3.35. The average molecular weight is 388 g/mol. The highest BCUT2D eigenvalue weighted by Gasteiger charge is 2.45. The highest BCUT2D eigenvalue weighted by atomic mass is 16.5. The standard InChI is InChI=1S/C19H24N4O5/c1-3-8-22-17(25)18(26)23(19(22)27)13-16(24)21-11-9-20(10-12-21)14-4-6-15(28-2)7-5-14/h4-7H,3,8-13H2,1-2H3. The Balaban J connectivity index is 1.56. The van der Waals surface area contributed by atoms with Gasteiger partial charge in [0.25, 0.3) is 0 Å². The molecule has 0 aliphatic carbocycles. The molecule has 0 radical (unpaired) electrons. The molecule has 0 spiro atoms. The lowest BCUT2D eigenvalue weighted by Crippen LogP contribution is -2.52. The summed E-state index contributed by atoms with van der Waals surface area (Å²) >= 11 is 0. The molecule has 0 bridgehead atoms. The summed E-state index contributed by atoms with van der Waals surface area (Å²) in [7, 11) is 1.62. The van der Waals surface area contributed by atoms with E-state index in [4.69, 9.17) is 4.74 Å². The van der Waals surface area contributed by atoms with E-state index in [1.54, 1.807) is 18.9 Å². The zero-order valence-corrected chi connectivity index (χ0v) is 16.1. The van der Waals surface area contributed by atoms with E-state index in [-0.39, 0.29) is 12.5 Å². The van der Waals surface area contributed by atoms with E-state index in [2.05, 4.69) is 4.90 Å². The molecule has 2 fully saturated rings. The normalized spacial score (nSPS) is 17.6. The van der Waals surface area contributed by atoms with Gasteiger partial charge in [0.2, 0.25) is 5.91 Å². The number of piperazine rings is 1. The van der Waals surface area contributed by atoms with Crippen LogP contribution in [0, 0.1) is 0 Å². The van der Waals surface area contributed by atoms with Crippen LogP contribution in [-0.2, 0) is 14.4 Å². The van der Waals surface area contributed by atoms with Crippen molar-refractivity contribution in [3.05, 3.63) is 24.3 Å². The topological polar surface area (TPSA) is 90.5 Å². The van der Waals surface area contributed by atoms with Crippen LogP contribution in [0.15, 0.2) is 24.3 Å². The summed E-state index contributed by atoms with van der Waals surface area (Å²) in [5.41, 5.74) is 1.04. The fourth-order valence-corrected chi connectivity index (χ4v) is 3.35. The molecule has 3 rings (SSSR count). The lowest BCUT2D eigenvalue weighted by molar-refractivity contribution is -0.145. The van der Waals surface area contributed by atoms with Gasteiger partial charge in [-0.3, -0.25) is 19.3 Å². The molecule has 2 aliphatic heterocycles. The first-order valence-electron chi connectivity index (χ1n) is 9.30. The summed E-state index contributed by atoms with van der Waals surface area (Å²) in [6.07, 6.45) is 0.555. The van der Waals surface area contributed by atoms with Crippen LogP contribution >= 0.6 is 0 Å². The Bertz CT molecular complexity index is 771. The fraction of sp³-hybridized carbons (Fsp3) is 0.474. The number of rotatable bonds is 6. The Morgan fingerprint density at radius 1 is 0.964 bits per heavy atom. The predicted molar refractivity (Wildman–Crippen MR) is 101 cm³/mol. The molecule has 0 unspecified atom stereocenters. The number of anilines is 1. The first kappa shape index (κ1) is 19.7. The zero-order valence-electron chi connectivity index (χ0n) is 16.1. The SMILES string of the molecule is CCCN1C(=O)C(=O)N(CC(=O)N2CCN(c3ccc(OC)cc3)CC2)C1=O. The lowest BCUT2D eigenvalue weighted by atomic mass is 10.2. The molecule has 5 amide bonds. The van der Waals surface area contributed by atoms with Gasteiger partial charge in [0, 0.05) is 38.4 Å². The predicted octanol–water partition coefficient (Wildman–Crippen LogP) is 0.545. The number of hydrogen-bond donors (Lipinski definition) is 0. The van der Waals surface area contributed by atoms with Crippen LogP contribution in [-0.4, -0.2) is 84.8 Å². The molecule has 9 nitrogen and oxygen atoms in total. The molecule has 2 aliphatic rings.